The summed E-state index contributed by atoms with van der Waals surface area (Å²) in [6, 6.07) is 11.5. The summed E-state index contributed by atoms with van der Waals surface area (Å²) in [6.07, 6.45) is 2.03. The average Bonchev–Trinajstić information content (AvgIpc) is 3.27. The quantitative estimate of drug-likeness (QED) is 0.164. The van der Waals surface area contributed by atoms with Gasteiger partial charge >= 0.3 is 0 Å². The highest BCUT2D eigenvalue weighted by Crippen LogP contribution is 2.32. The second-order valence-electron chi connectivity index (χ2n) is 8.96. The summed E-state index contributed by atoms with van der Waals surface area (Å²) < 4.78 is 39.3. The average molecular weight is 617 g/mol. The van der Waals surface area contributed by atoms with Gasteiger partial charge < -0.3 is 14.5 Å². The summed E-state index contributed by atoms with van der Waals surface area (Å²) in [5.74, 6) is -2.25. The molecule has 7 nitrogen and oxygen atoms in total. The first-order valence-electron chi connectivity index (χ1n) is 12.2. The van der Waals surface area contributed by atoms with Crippen molar-refractivity contribution in [1.82, 2.24) is 10.3 Å². The van der Waals surface area contributed by atoms with Crippen molar-refractivity contribution in [3.05, 3.63) is 103 Å². The Morgan fingerprint density at radius 3 is 2.41 bits per heavy atom. The van der Waals surface area contributed by atoms with Crippen molar-refractivity contribution in [3.63, 3.8) is 0 Å². The van der Waals surface area contributed by atoms with E-state index in [1.54, 1.807) is 43.3 Å². The Balaban J connectivity index is 1.33. The van der Waals surface area contributed by atoms with E-state index in [1.165, 1.54) is 6.07 Å². The zero-order chi connectivity index (χ0) is 29.3. The predicted octanol–water partition coefficient (Wildman–Crippen LogP) is 6.96. The van der Waals surface area contributed by atoms with Gasteiger partial charge in [0.25, 0.3) is 11.1 Å². The van der Waals surface area contributed by atoms with Crippen molar-refractivity contribution in [3.8, 4) is 22.8 Å². The van der Waals surface area contributed by atoms with Crippen molar-refractivity contribution >= 4 is 57.0 Å². The molecule has 41 heavy (non-hydrogen) atoms. The van der Waals surface area contributed by atoms with E-state index in [2.05, 4.69) is 10.3 Å². The van der Waals surface area contributed by atoms with Crippen LogP contribution in [0, 0.1) is 18.6 Å². The summed E-state index contributed by atoms with van der Waals surface area (Å²) >= 11 is 13.4. The van der Waals surface area contributed by atoms with Crippen molar-refractivity contribution < 1.29 is 27.8 Å². The number of carbonyl (C=O) groups excluding carboxylic acids is 2. The predicted molar refractivity (Wildman–Crippen MR) is 155 cm³/mol. The molecule has 1 fully saturated rings. The molecular formula is C29H20Cl2F2N2O5S. The minimum atomic E-state index is -1.08. The lowest BCUT2D eigenvalue weighted by Gasteiger charge is -2.15. The summed E-state index contributed by atoms with van der Waals surface area (Å²) in [7, 11) is 0. The van der Waals surface area contributed by atoms with E-state index in [4.69, 9.17) is 32.7 Å². The van der Waals surface area contributed by atoms with Crippen LogP contribution in [0.1, 0.15) is 11.1 Å². The van der Waals surface area contributed by atoms with Crippen LogP contribution >= 0.6 is 35.0 Å². The number of fused-ring (bicyclic) bond motifs is 1. The van der Waals surface area contributed by atoms with Crippen LogP contribution < -0.4 is 20.2 Å². The summed E-state index contributed by atoms with van der Waals surface area (Å²) in [4.78, 5) is 39.8. The van der Waals surface area contributed by atoms with Gasteiger partial charge in [0.2, 0.25) is 5.43 Å². The molecule has 1 aliphatic heterocycles. The van der Waals surface area contributed by atoms with E-state index in [9.17, 15) is 23.2 Å². The fraction of sp³-hybridized carbons (Fsp3) is 0.138. The van der Waals surface area contributed by atoms with Gasteiger partial charge in [0.1, 0.15) is 19.0 Å². The monoisotopic (exact) mass is 616 g/mol. The number of hydrogen-bond donors (Lipinski definition) is 2. The van der Waals surface area contributed by atoms with Gasteiger partial charge in [-0.3, -0.25) is 19.7 Å². The van der Waals surface area contributed by atoms with E-state index >= 15 is 0 Å². The van der Waals surface area contributed by atoms with E-state index in [1.807, 2.05) is 0 Å². The van der Waals surface area contributed by atoms with Gasteiger partial charge in [-0.1, -0.05) is 35.3 Å². The molecule has 2 heterocycles. The number of ether oxygens (including phenoxy) is 2. The molecule has 5 rings (SSSR count). The number of hydrogen-bond acceptors (Lipinski definition) is 6. The molecule has 1 aromatic heterocycles. The van der Waals surface area contributed by atoms with Gasteiger partial charge in [0, 0.05) is 16.0 Å². The van der Waals surface area contributed by atoms with Crippen LogP contribution in [0.4, 0.5) is 13.6 Å². The first-order chi connectivity index (χ1) is 19.6. The Morgan fingerprint density at radius 1 is 0.927 bits per heavy atom. The zero-order valence-electron chi connectivity index (χ0n) is 21.3. The second kappa shape index (κ2) is 11.9. The Bertz CT molecular complexity index is 1810. The van der Waals surface area contributed by atoms with Crippen molar-refractivity contribution in [2.45, 2.75) is 13.3 Å². The number of nitrogens with one attached hydrogen (secondary N) is 2. The summed E-state index contributed by atoms with van der Waals surface area (Å²) in [5, 5.41) is 2.86. The third-order valence-corrected chi connectivity index (χ3v) is 7.85. The normalized spacial score (nSPS) is 14.1. The van der Waals surface area contributed by atoms with Gasteiger partial charge in [-0.25, -0.2) is 8.78 Å². The number of aromatic nitrogens is 1. The minimum absolute atomic E-state index is 0.0103. The Kier molecular flexibility index (Phi) is 8.35. The highest BCUT2D eigenvalue weighted by Gasteiger charge is 2.24. The number of aromatic amines is 1. The Labute approximate surface area is 246 Å². The molecule has 1 aliphatic rings. The number of aryl methyl sites for hydroxylation is 1. The van der Waals surface area contributed by atoms with Crippen LogP contribution in [0.5, 0.6) is 11.5 Å². The van der Waals surface area contributed by atoms with Crippen LogP contribution in [0.3, 0.4) is 0 Å². The molecule has 0 spiro atoms. The first kappa shape index (κ1) is 28.7. The maximum atomic E-state index is 14.1. The van der Waals surface area contributed by atoms with E-state index in [-0.39, 0.29) is 30.2 Å². The molecule has 12 heteroatoms. The molecule has 4 aromatic rings. The topological polar surface area (TPSA) is 97.5 Å². The lowest BCUT2D eigenvalue weighted by atomic mass is 10.1. The second-order valence-corrected chi connectivity index (χ2v) is 10.8. The number of thioether (sulfide) groups is 1. The van der Waals surface area contributed by atoms with Gasteiger partial charge in [0.15, 0.2) is 17.4 Å². The minimum Gasteiger partial charge on any atom is -0.488 e. The van der Waals surface area contributed by atoms with E-state index in [0.29, 0.717) is 43.6 Å². The van der Waals surface area contributed by atoms with Gasteiger partial charge in [-0.2, -0.15) is 0 Å². The van der Waals surface area contributed by atoms with E-state index in [0.717, 1.165) is 29.5 Å². The molecule has 0 saturated carbocycles. The van der Waals surface area contributed by atoms with Gasteiger partial charge in [-0.15, -0.1) is 0 Å². The molecule has 0 atom stereocenters. The Morgan fingerprint density at radius 2 is 1.71 bits per heavy atom. The number of carbonyl (C=O) groups is 2. The van der Waals surface area contributed by atoms with Crippen LogP contribution in [-0.4, -0.2) is 29.3 Å². The molecule has 0 aliphatic carbocycles. The van der Waals surface area contributed by atoms with Crippen molar-refractivity contribution in [2.75, 3.05) is 13.2 Å². The number of halogens is 4. The lowest BCUT2D eigenvalue weighted by molar-refractivity contribution is -0.115. The van der Waals surface area contributed by atoms with E-state index < -0.39 is 28.2 Å². The SMILES string of the molecule is Cc1c(Cl)ccc2c(=O)c(OCCOc3ccc(CC=C4SC(=O)NC4=O)cc3Cl)c(-c3ccc(F)c(F)c3)[nH]c12. The maximum absolute atomic E-state index is 14.1. The van der Waals surface area contributed by atoms with Crippen LogP contribution in [0.15, 0.2) is 64.3 Å². The third kappa shape index (κ3) is 6.09. The number of imide groups is 1. The van der Waals surface area contributed by atoms with Crippen LogP contribution in [0.2, 0.25) is 10.0 Å². The molecule has 2 N–H and O–H groups in total. The van der Waals surface area contributed by atoms with Crippen molar-refractivity contribution in [2.24, 2.45) is 0 Å². The van der Waals surface area contributed by atoms with Crippen LogP contribution in [0.25, 0.3) is 22.2 Å². The number of allylic oxidation sites excluding steroid dienone is 1. The largest absolute Gasteiger partial charge is 0.488 e. The fourth-order valence-electron chi connectivity index (χ4n) is 4.20. The highest BCUT2D eigenvalue weighted by molar-refractivity contribution is 8.18. The highest BCUT2D eigenvalue weighted by atomic mass is 35.5. The molecule has 0 radical (unpaired) electrons. The smallest absolute Gasteiger partial charge is 0.290 e. The standard InChI is InChI=1S/C29H20Cl2F2N2O5S/c1-14-18(30)6-5-17-24(14)34-25(16-4-7-20(32)21(33)13-16)27(26(17)36)40-11-10-39-22-8-2-15(12-19(22)31)3-9-23-28(37)35-29(38)41-23/h2,4-9,12-13H,3,10-11H2,1H3,(H,34,36)(H,35,37,38). The number of benzene rings is 3. The molecule has 0 bridgehead atoms. The number of amides is 2. The third-order valence-electron chi connectivity index (χ3n) is 6.28. The number of H-pyrrole nitrogens is 1. The fourth-order valence-corrected chi connectivity index (χ4v) is 5.27. The molecule has 210 valence electrons. The maximum Gasteiger partial charge on any atom is 0.290 e. The first-order valence-corrected chi connectivity index (χ1v) is 13.8. The molecular weight excluding hydrogens is 597 g/mol. The summed E-state index contributed by atoms with van der Waals surface area (Å²) in [6.45, 7) is 1.68. The summed E-state index contributed by atoms with van der Waals surface area (Å²) in [5.41, 5.74) is 1.79. The molecule has 2 amide bonds. The zero-order valence-corrected chi connectivity index (χ0v) is 23.6. The number of rotatable bonds is 8. The van der Waals surface area contributed by atoms with Crippen LogP contribution in [-0.2, 0) is 11.2 Å². The number of pyridine rings is 1. The van der Waals surface area contributed by atoms with Gasteiger partial charge in [-0.05, 0) is 78.7 Å². The molecule has 1 saturated heterocycles. The lowest BCUT2D eigenvalue weighted by Crippen LogP contribution is -2.17. The molecule has 0 unspecified atom stereocenters. The van der Waals surface area contributed by atoms with Gasteiger partial charge in [0.05, 0.1) is 21.1 Å². The Hall–Kier alpha value is -3.86. The molecule has 3 aromatic carbocycles. The van der Waals surface area contributed by atoms with Crippen molar-refractivity contribution in [1.29, 1.82) is 0 Å².